The number of rotatable bonds is 15. The maximum Gasteiger partial charge on any atom is 0.215 e. The third-order valence-corrected chi connectivity index (χ3v) is 4.82. The van der Waals surface area contributed by atoms with Gasteiger partial charge in [-0.2, -0.15) is 5.10 Å². The summed E-state index contributed by atoms with van der Waals surface area (Å²) in [6, 6.07) is 1.47. The Kier molecular flexibility index (Phi) is 11.1. The molecule has 0 saturated carbocycles. The molecule has 1 aromatic rings. The maximum atomic E-state index is 11.9. The van der Waals surface area contributed by atoms with E-state index in [9.17, 15) is 9.59 Å². The second-order valence-electron chi connectivity index (χ2n) is 7.44. The van der Waals surface area contributed by atoms with Gasteiger partial charge in [0.05, 0.1) is 11.7 Å². The SMILES string of the molecule is CCc1cc(CCCCNO)nn1CCCCCC(=O)C(=O)[C@@H](N)C(C)C. The highest BCUT2D eigenvalue weighted by molar-refractivity contribution is 6.39. The van der Waals surface area contributed by atoms with Crippen LogP contribution in [0.1, 0.15) is 70.7 Å². The molecular formula is C20H36N4O3. The van der Waals surface area contributed by atoms with Crippen molar-refractivity contribution in [3.63, 3.8) is 0 Å². The minimum Gasteiger partial charge on any atom is -0.321 e. The van der Waals surface area contributed by atoms with Crippen LogP contribution >= 0.6 is 0 Å². The van der Waals surface area contributed by atoms with Crippen LogP contribution in [-0.2, 0) is 29.0 Å². The van der Waals surface area contributed by atoms with E-state index in [0.717, 1.165) is 50.8 Å². The van der Waals surface area contributed by atoms with E-state index in [1.165, 1.54) is 5.69 Å². The molecule has 0 aliphatic carbocycles. The molecule has 0 spiro atoms. The molecule has 0 radical (unpaired) electrons. The summed E-state index contributed by atoms with van der Waals surface area (Å²) in [5.41, 5.74) is 10.2. The minimum atomic E-state index is -0.680. The molecule has 1 atom stereocenters. The highest BCUT2D eigenvalue weighted by Crippen LogP contribution is 2.12. The number of carbonyl (C=O) groups is 2. The lowest BCUT2D eigenvalue weighted by atomic mass is 9.96. The van der Waals surface area contributed by atoms with Crippen LogP contribution in [-0.4, -0.2) is 39.1 Å². The number of aryl methyl sites for hydroxylation is 3. The number of nitrogens with zero attached hydrogens (tertiary/aromatic N) is 2. The molecule has 4 N–H and O–H groups in total. The van der Waals surface area contributed by atoms with E-state index in [-0.39, 0.29) is 18.1 Å². The largest absolute Gasteiger partial charge is 0.321 e. The highest BCUT2D eigenvalue weighted by Gasteiger charge is 2.23. The topological polar surface area (TPSA) is 110 Å². The van der Waals surface area contributed by atoms with E-state index in [0.29, 0.717) is 13.0 Å². The van der Waals surface area contributed by atoms with Crippen LogP contribution in [0.4, 0.5) is 0 Å². The lowest BCUT2D eigenvalue weighted by Gasteiger charge is -2.13. The molecule has 27 heavy (non-hydrogen) atoms. The number of hydroxylamine groups is 1. The van der Waals surface area contributed by atoms with Gasteiger partial charge in [-0.25, -0.2) is 5.48 Å². The molecule has 1 rings (SSSR count). The third kappa shape index (κ3) is 8.32. The Morgan fingerprint density at radius 2 is 1.96 bits per heavy atom. The first kappa shape index (κ1) is 23.5. The van der Waals surface area contributed by atoms with Gasteiger partial charge in [0.25, 0.3) is 0 Å². The molecule has 1 heterocycles. The molecule has 0 aromatic carbocycles. The molecule has 1 aromatic heterocycles. The Morgan fingerprint density at radius 1 is 1.22 bits per heavy atom. The van der Waals surface area contributed by atoms with Crippen LogP contribution in [0.15, 0.2) is 6.07 Å². The molecule has 154 valence electrons. The fraction of sp³-hybridized carbons (Fsp3) is 0.750. The molecule has 0 unspecified atom stereocenters. The summed E-state index contributed by atoms with van der Waals surface area (Å²) in [6.45, 7) is 7.25. The van der Waals surface area contributed by atoms with Gasteiger partial charge in [0, 0.05) is 25.2 Å². The quantitative estimate of drug-likeness (QED) is 0.245. The minimum absolute atomic E-state index is 0.0113. The molecule has 7 heteroatoms. The zero-order valence-corrected chi connectivity index (χ0v) is 17.0. The van der Waals surface area contributed by atoms with E-state index in [4.69, 9.17) is 10.9 Å². The van der Waals surface area contributed by atoms with E-state index < -0.39 is 11.8 Å². The smallest absolute Gasteiger partial charge is 0.215 e. The third-order valence-electron chi connectivity index (χ3n) is 4.82. The van der Waals surface area contributed by atoms with Gasteiger partial charge in [-0.3, -0.25) is 14.3 Å². The first-order chi connectivity index (χ1) is 12.9. The van der Waals surface area contributed by atoms with Gasteiger partial charge in [0.1, 0.15) is 0 Å². The molecule has 0 amide bonds. The van der Waals surface area contributed by atoms with E-state index in [2.05, 4.69) is 28.3 Å². The number of unbranched alkanes of at least 4 members (excludes halogenated alkanes) is 3. The lowest BCUT2D eigenvalue weighted by molar-refractivity contribution is -0.137. The Morgan fingerprint density at radius 3 is 2.59 bits per heavy atom. The van der Waals surface area contributed by atoms with Crippen molar-refractivity contribution in [1.82, 2.24) is 15.3 Å². The van der Waals surface area contributed by atoms with Crippen molar-refractivity contribution >= 4 is 11.6 Å². The summed E-state index contributed by atoms with van der Waals surface area (Å²) >= 11 is 0. The van der Waals surface area contributed by atoms with Gasteiger partial charge in [-0.1, -0.05) is 27.2 Å². The summed E-state index contributed by atoms with van der Waals surface area (Å²) in [5, 5.41) is 13.3. The van der Waals surface area contributed by atoms with Crippen LogP contribution in [0.2, 0.25) is 0 Å². The highest BCUT2D eigenvalue weighted by atomic mass is 16.5. The number of hydrogen-bond donors (Lipinski definition) is 3. The Bertz CT molecular complexity index is 584. The van der Waals surface area contributed by atoms with Crippen molar-refractivity contribution in [3.05, 3.63) is 17.5 Å². The van der Waals surface area contributed by atoms with Crippen molar-refractivity contribution in [2.75, 3.05) is 6.54 Å². The van der Waals surface area contributed by atoms with E-state index >= 15 is 0 Å². The van der Waals surface area contributed by atoms with Gasteiger partial charge in [-0.15, -0.1) is 0 Å². The standard InChI is InChI=1S/C20H36N4O3/c1-4-17-14-16(10-7-8-12-22-27)23-24(17)13-9-5-6-11-18(25)20(26)19(21)15(2)3/h14-15,19,22,27H,4-13,21H2,1-3H3/t19-/m0/s1. The number of carbonyl (C=O) groups excluding carboxylic acids is 2. The Labute approximate surface area is 162 Å². The van der Waals surface area contributed by atoms with Crippen molar-refractivity contribution in [2.24, 2.45) is 11.7 Å². The van der Waals surface area contributed by atoms with Crippen molar-refractivity contribution in [2.45, 2.75) is 84.7 Å². The molecule has 7 nitrogen and oxygen atoms in total. The second kappa shape index (κ2) is 12.8. The van der Waals surface area contributed by atoms with Crippen molar-refractivity contribution in [3.8, 4) is 0 Å². The van der Waals surface area contributed by atoms with Crippen molar-refractivity contribution < 1.29 is 14.8 Å². The number of nitrogens with one attached hydrogen (secondary N) is 1. The van der Waals surface area contributed by atoms with Gasteiger partial charge in [0.15, 0.2) is 5.78 Å². The predicted octanol–water partition coefficient (Wildman–Crippen LogP) is 2.43. The normalized spacial score (nSPS) is 12.5. The molecular weight excluding hydrogens is 344 g/mol. The number of aromatic nitrogens is 2. The maximum absolute atomic E-state index is 11.9. The average molecular weight is 381 g/mol. The first-order valence-corrected chi connectivity index (χ1v) is 10.2. The Hall–Kier alpha value is -1.57. The van der Waals surface area contributed by atoms with Crippen LogP contribution in [0.5, 0.6) is 0 Å². The van der Waals surface area contributed by atoms with Gasteiger partial charge < -0.3 is 10.9 Å². The monoisotopic (exact) mass is 380 g/mol. The predicted molar refractivity (Wildman–Crippen MR) is 106 cm³/mol. The van der Waals surface area contributed by atoms with E-state index in [1.54, 1.807) is 0 Å². The summed E-state index contributed by atoms with van der Waals surface area (Å²) in [6.07, 6.45) is 6.55. The number of nitrogens with two attached hydrogens (primary N) is 1. The number of hydrogen-bond acceptors (Lipinski definition) is 6. The average Bonchev–Trinajstić information content (AvgIpc) is 3.05. The van der Waals surface area contributed by atoms with Crippen LogP contribution in [0, 0.1) is 5.92 Å². The summed E-state index contributed by atoms with van der Waals surface area (Å²) < 4.78 is 2.06. The zero-order chi connectivity index (χ0) is 20.2. The summed E-state index contributed by atoms with van der Waals surface area (Å²) in [4.78, 5) is 23.8. The summed E-state index contributed by atoms with van der Waals surface area (Å²) in [7, 11) is 0. The zero-order valence-electron chi connectivity index (χ0n) is 17.0. The van der Waals surface area contributed by atoms with Crippen LogP contribution in [0.3, 0.4) is 0 Å². The molecule has 0 saturated heterocycles. The van der Waals surface area contributed by atoms with Gasteiger partial charge >= 0.3 is 0 Å². The van der Waals surface area contributed by atoms with Gasteiger partial charge in [0.2, 0.25) is 5.78 Å². The van der Waals surface area contributed by atoms with Crippen molar-refractivity contribution in [1.29, 1.82) is 0 Å². The van der Waals surface area contributed by atoms with Crippen LogP contribution in [0.25, 0.3) is 0 Å². The lowest BCUT2D eigenvalue weighted by Crippen LogP contribution is -2.40. The Balaban J connectivity index is 2.34. The molecule has 0 fully saturated rings. The molecule has 0 bridgehead atoms. The fourth-order valence-electron chi connectivity index (χ4n) is 2.96. The van der Waals surface area contributed by atoms with Gasteiger partial charge in [-0.05, 0) is 50.5 Å². The first-order valence-electron chi connectivity index (χ1n) is 10.2. The fourth-order valence-corrected chi connectivity index (χ4v) is 2.96. The number of Topliss-reactive ketones (excluding diaryl/α,β-unsaturated/α-hetero) is 2. The second-order valence-corrected chi connectivity index (χ2v) is 7.44. The van der Waals surface area contributed by atoms with E-state index in [1.807, 2.05) is 13.8 Å². The molecule has 0 aliphatic rings. The van der Waals surface area contributed by atoms with Crippen LogP contribution < -0.4 is 11.2 Å². The number of ketones is 2. The molecule has 0 aliphatic heterocycles. The summed E-state index contributed by atoms with van der Waals surface area (Å²) in [5.74, 6) is -0.793.